The van der Waals surface area contributed by atoms with Gasteiger partial charge in [0.2, 0.25) is 0 Å². The fourth-order valence-corrected chi connectivity index (χ4v) is 2.54. The van der Waals surface area contributed by atoms with Crippen LogP contribution in [0, 0.1) is 0 Å². The zero-order chi connectivity index (χ0) is 11.5. The lowest BCUT2D eigenvalue weighted by Crippen LogP contribution is -2.29. The number of carbonyl (C=O) groups is 1. The summed E-state index contributed by atoms with van der Waals surface area (Å²) in [5.41, 5.74) is 5.14. The molecular weight excluding hydrogens is 212 g/mol. The molecule has 0 aromatic carbocycles. The Bertz CT molecular complexity index is 228. The van der Waals surface area contributed by atoms with Crippen molar-refractivity contribution in [3.8, 4) is 0 Å². The molecule has 0 unspecified atom stereocenters. The molecular formula is C10H20N2O2S. The minimum absolute atomic E-state index is 0.188. The van der Waals surface area contributed by atoms with Crippen molar-refractivity contribution < 1.29 is 9.53 Å². The first-order chi connectivity index (χ1) is 6.90. The molecule has 0 bridgehead atoms. The molecule has 1 fully saturated rings. The molecule has 0 radical (unpaired) electrons. The molecule has 1 aliphatic heterocycles. The predicted molar refractivity (Wildman–Crippen MR) is 63.1 cm³/mol. The Morgan fingerprint density at radius 1 is 1.60 bits per heavy atom. The monoisotopic (exact) mass is 232 g/mol. The van der Waals surface area contributed by atoms with Crippen LogP contribution >= 0.6 is 11.8 Å². The lowest BCUT2D eigenvalue weighted by molar-refractivity contribution is 0.0737. The third-order valence-electron chi connectivity index (χ3n) is 2.12. The van der Waals surface area contributed by atoms with Crippen molar-refractivity contribution in [1.29, 1.82) is 0 Å². The maximum atomic E-state index is 11.5. The number of carbonyl (C=O) groups excluding carboxylic acids is 1. The van der Waals surface area contributed by atoms with Crippen molar-refractivity contribution in [2.75, 3.05) is 13.1 Å². The highest BCUT2D eigenvalue weighted by Crippen LogP contribution is 2.24. The van der Waals surface area contributed by atoms with Gasteiger partial charge in [0.25, 0.3) is 0 Å². The molecule has 0 aliphatic carbocycles. The van der Waals surface area contributed by atoms with Crippen LogP contribution in [0.5, 0.6) is 0 Å². The summed E-state index contributed by atoms with van der Waals surface area (Å²) in [6.45, 7) is 7.10. The quantitative estimate of drug-likeness (QED) is 0.703. The summed E-state index contributed by atoms with van der Waals surface area (Å²) in [5.74, 6) is 0. The molecule has 4 nitrogen and oxygen atoms in total. The van der Waals surface area contributed by atoms with E-state index in [2.05, 4.69) is 5.32 Å². The zero-order valence-electron chi connectivity index (χ0n) is 9.58. The van der Waals surface area contributed by atoms with Gasteiger partial charge in [-0.05, 0) is 39.0 Å². The SMILES string of the molecule is CC(C)(C)OC(=O)S[C@@H]1CN[C@H](CN)C1. The highest BCUT2D eigenvalue weighted by atomic mass is 32.2. The molecule has 0 aromatic rings. The van der Waals surface area contributed by atoms with E-state index in [0.29, 0.717) is 17.8 Å². The maximum absolute atomic E-state index is 11.5. The Morgan fingerprint density at radius 2 is 2.27 bits per heavy atom. The normalized spacial score (nSPS) is 26.7. The molecule has 0 amide bonds. The lowest BCUT2D eigenvalue weighted by atomic mass is 10.2. The fraction of sp³-hybridized carbons (Fsp3) is 0.900. The number of ether oxygens (including phenoxy) is 1. The molecule has 3 N–H and O–H groups in total. The minimum atomic E-state index is -0.399. The van der Waals surface area contributed by atoms with Gasteiger partial charge in [0.15, 0.2) is 0 Å². The Kier molecular flexibility index (Phi) is 4.43. The highest BCUT2D eigenvalue weighted by molar-refractivity contribution is 8.13. The molecule has 15 heavy (non-hydrogen) atoms. The van der Waals surface area contributed by atoms with Crippen LogP contribution in [-0.4, -0.2) is 35.3 Å². The van der Waals surface area contributed by atoms with E-state index in [9.17, 15) is 4.79 Å². The zero-order valence-corrected chi connectivity index (χ0v) is 10.4. The van der Waals surface area contributed by atoms with Gasteiger partial charge in [-0.15, -0.1) is 0 Å². The Balaban J connectivity index is 2.28. The molecule has 88 valence electrons. The first-order valence-corrected chi connectivity index (χ1v) is 6.12. The van der Waals surface area contributed by atoms with Crippen molar-refractivity contribution in [3.05, 3.63) is 0 Å². The van der Waals surface area contributed by atoms with E-state index in [-0.39, 0.29) is 5.30 Å². The standard InChI is InChI=1S/C10H20N2O2S/c1-10(2,3)14-9(13)15-8-4-7(5-11)12-6-8/h7-8,12H,4-6,11H2,1-3H3/t7-,8-/m0/s1. The van der Waals surface area contributed by atoms with Gasteiger partial charge in [-0.3, -0.25) is 0 Å². The first-order valence-electron chi connectivity index (χ1n) is 5.24. The van der Waals surface area contributed by atoms with Gasteiger partial charge in [-0.1, -0.05) is 0 Å². The van der Waals surface area contributed by atoms with Crippen LogP contribution in [0.4, 0.5) is 4.79 Å². The van der Waals surface area contributed by atoms with Crippen LogP contribution in [0.25, 0.3) is 0 Å². The molecule has 1 saturated heterocycles. The van der Waals surface area contributed by atoms with E-state index in [1.54, 1.807) is 0 Å². The number of thioether (sulfide) groups is 1. The van der Waals surface area contributed by atoms with Gasteiger partial charge in [0.1, 0.15) is 5.60 Å². The third kappa shape index (κ3) is 4.86. The molecule has 0 aromatic heterocycles. The van der Waals surface area contributed by atoms with Crippen LogP contribution in [0.1, 0.15) is 27.2 Å². The second kappa shape index (κ2) is 5.18. The molecule has 1 aliphatic rings. The lowest BCUT2D eigenvalue weighted by Gasteiger charge is -2.20. The van der Waals surface area contributed by atoms with E-state index in [1.807, 2.05) is 20.8 Å². The largest absolute Gasteiger partial charge is 0.452 e. The van der Waals surface area contributed by atoms with Gasteiger partial charge in [-0.2, -0.15) is 0 Å². The number of rotatable bonds is 2. The van der Waals surface area contributed by atoms with E-state index < -0.39 is 5.60 Å². The molecule has 1 rings (SSSR count). The van der Waals surface area contributed by atoms with Gasteiger partial charge >= 0.3 is 5.30 Å². The predicted octanol–water partition coefficient (Wildman–Crippen LogP) is 1.34. The fourth-order valence-electron chi connectivity index (χ4n) is 1.46. The van der Waals surface area contributed by atoms with Gasteiger partial charge < -0.3 is 15.8 Å². The van der Waals surface area contributed by atoms with Crippen LogP contribution in [0.3, 0.4) is 0 Å². The summed E-state index contributed by atoms with van der Waals surface area (Å²) >= 11 is 1.27. The molecule has 2 atom stereocenters. The van der Waals surface area contributed by atoms with E-state index >= 15 is 0 Å². The minimum Gasteiger partial charge on any atom is -0.452 e. The summed E-state index contributed by atoms with van der Waals surface area (Å²) in [7, 11) is 0. The Morgan fingerprint density at radius 3 is 2.73 bits per heavy atom. The van der Waals surface area contributed by atoms with E-state index in [0.717, 1.165) is 13.0 Å². The summed E-state index contributed by atoms with van der Waals surface area (Å²) in [5, 5.41) is 3.38. The van der Waals surface area contributed by atoms with Crippen molar-refractivity contribution in [1.82, 2.24) is 5.32 Å². The molecule has 0 saturated carbocycles. The van der Waals surface area contributed by atoms with E-state index in [4.69, 9.17) is 10.5 Å². The molecule has 0 spiro atoms. The number of hydrogen-bond donors (Lipinski definition) is 2. The van der Waals surface area contributed by atoms with Crippen molar-refractivity contribution in [2.45, 2.75) is 44.1 Å². The average molecular weight is 232 g/mol. The third-order valence-corrected chi connectivity index (χ3v) is 3.09. The number of nitrogens with two attached hydrogens (primary N) is 1. The second-order valence-corrected chi connectivity index (χ2v) is 6.02. The first kappa shape index (κ1) is 12.8. The van der Waals surface area contributed by atoms with Gasteiger partial charge in [0.05, 0.1) is 0 Å². The number of nitrogens with one attached hydrogen (secondary N) is 1. The van der Waals surface area contributed by atoms with Crippen molar-refractivity contribution >= 4 is 17.1 Å². The van der Waals surface area contributed by atoms with Crippen LogP contribution < -0.4 is 11.1 Å². The average Bonchev–Trinajstić information content (AvgIpc) is 2.48. The second-order valence-electron chi connectivity index (χ2n) is 4.78. The number of hydrogen-bond acceptors (Lipinski definition) is 5. The summed E-state index contributed by atoms with van der Waals surface area (Å²) in [6, 6.07) is 0.352. The summed E-state index contributed by atoms with van der Waals surface area (Å²) in [6.07, 6.45) is 0.945. The summed E-state index contributed by atoms with van der Waals surface area (Å²) in [4.78, 5) is 11.5. The summed E-state index contributed by atoms with van der Waals surface area (Å²) < 4.78 is 5.23. The van der Waals surface area contributed by atoms with E-state index in [1.165, 1.54) is 11.8 Å². The van der Waals surface area contributed by atoms with Crippen LogP contribution in [0.15, 0.2) is 0 Å². The maximum Gasteiger partial charge on any atom is 0.368 e. The Hall–Kier alpha value is -0.260. The Labute approximate surface area is 95.3 Å². The smallest absolute Gasteiger partial charge is 0.368 e. The van der Waals surface area contributed by atoms with Crippen molar-refractivity contribution in [2.24, 2.45) is 5.73 Å². The molecule has 1 heterocycles. The molecule has 5 heteroatoms. The van der Waals surface area contributed by atoms with Gasteiger partial charge in [-0.25, -0.2) is 4.79 Å². The van der Waals surface area contributed by atoms with Crippen LogP contribution in [-0.2, 0) is 4.74 Å². The topological polar surface area (TPSA) is 64.3 Å². The van der Waals surface area contributed by atoms with Gasteiger partial charge in [0, 0.05) is 24.4 Å². The highest BCUT2D eigenvalue weighted by Gasteiger charge is 2.27. The van der Waals surface area contributed by atoms with Crippen LogP contribution in [0.2, 0.25) is 0 Å². The van der Waals surface area contributed by atoms with Crippen molar-refractivity contribution in [3.63, 3.8) is 0 Å².